The Hall–Kier alpha value is -1.47. The molecule has 1 aliphatic rings. The van der Waals surface area contributed by atoms with Gasteiger partial charge in [-0.05, 0) is 43.5 Å². The first kappa shape index (κ1) is 15.9. The smallest absolute Gasteiger partial charge is 0.254 e. The van der Waals surface area contributed by atoms with Gasteiger partial charge in [0.1, 0.15) is 5.82 Å². The topological polar surface area (TPSA) is 66.5 Å². The van der Waals surface area contributed by atoms with Crippen molar-refractivity contribution in [2.45, 2.75) is 25.3 Å². The summed E-state index contributed by atoms with van der Waals surface area (Å²) in [6.45, 7) is 0.804. The maximum atomic E-state index is 12.9. The second kappa shape index (κ2) is 6.53. The third kappa shape index (κ3) is 4.50. The highest BCUT2D eigenvalue weighted by molar-refractivity contribution is 7.88. The minimum atomic E-state index is -3.28. The minimum Gasteiger partial charge on any atom is -0.334 e. The van der Waals surface area contributed by atoms with Crippen LogP contribution in [0.3, 0.4) is 0 Å². The van der Waals surface area contributed by atoms with Crippen molar-refractivity contribution in [1.82, 2.24) is 9.62 Å². The zero-order valence-corrected chi connectivity index (χ0v) is 12.7. The van der Waals surface area contributed by atoms with Crippen molar-refractivity contribution in [3.63, 3.8) is 0 Å². The summed E-state index contributed by atoms with van der Waals surface area (Å²) in [5, 5.41) is 0. The Morgan fingerprint density at radius 2 is 2.00 bits per heavy atom. The molecule has 1 heterocycles. The molecule has 1 aliphatic heterocycles. The van der Waals surface area contributed by atoms with E-state index in [1.54, 1.807) is 4.90 Å². The maximum absolute atomic E-state index is 12.9. The van der Waals surface area contributed by atoms with Gasteiger partial charge in [-0.2, -0.15) is 0 Å². The number of nitrogens with zero attached hydrogens (tertiary/aromatic N) is 1. The lowest BCUT2D eigenvalue weighted by Crippen LogP contribution is -2.49. The second-order valence-corrected chi connectivity index (χ2v) is 7.11. The summed E-state index contributed by atoms with van der Waals surface area (Å²) in [5.74, 6) is -0.574. The number of benzene rings is 1. The van der Waals surface area contributed by atoms with Crippen LogP contribution in [0, 0.1) is 5.82 Å². The third-order valence-electron chi connectivity index (χ3n) is 3.56. The fraction of sp³-hybridized carbons (Fsp3) is 0.500. The maximum Gasteiger partial charge on any atom is 0.254 e. The number of halogens is 1. The van der Waals surface area contributed by atoms with Crippen molar-refractivity contribution in [2.75, 3.05) is 19.3 Å². The molecule has 0 aromatic heterocycles. The standard InChI is InChI=1S/C14H19FN2O3S/c1-21(19,20)16-10-13-4-2-3-9-17(13)14(18)11-5-7-12(15)8-6-11/h5-8,13,16H,2-4,9-10H2,1H3. The summed E-state index contributed by atoms with van der Waals surface area (Å²) < 4.78 is 37.8. The van der Waals surface area contributed by atoms with Gasteiger partial charge in [0.05, 0.1) is 6.26 Å². The average Bonchev–Trinajstić information content (AvgIpc) is 2.45. The molecule has 1 aromatic rings. The number of carbonyl (C=O) groups excluding carboxylic acids is 1. The van der Waals surface area contributed by atoms with Gasteiger partial charge in [0.15, 0.2) is 0 Å². The lowest BCUT2D eigenvalue weighted by molar-refractivity contribution is 0.0618. The van der Waals surface area contributed by atoms with Crippen LogP contribution in [0.5, 0.6) is 0 Å². The van der Waals surface area contributed by atoms with Gasteiger partial charge in [-0.15, -0.1) is 0 Å². The molecule has 1 atom stereocenters. The molecule has 21 heavy (non-hydrogen) atoms. The molecule has 1 aromatic carbocycles. The molecule has 0 radical (unpaired) electrons. The SMILES string of the molecule is CS(=O)(=O)NCC1CCCCN1C(=O)c1ccc(F)cc1. The molecule has 1 N–H and O–H groups in total. The van der Waals surface area contributed by atoms with Gasteiger partial charge in [-0.25, -0.2) is 17.5 Å². The largest absolute Gasteiger partial charge is 0.334 e. The fourth-order valence-electron chi connectivity index (χ4n) is 2.49. The third-order valence-corrected chi connectivity index (χ3v) is 4.25. The van der Waals surface area contributed by atoms with Crippen LogP contribution in [0.25, 0.3) is 0 Å². The number of piperidine rings is 1. The highest BCUT2D eigenvalue weighted by atomic mass is 32.2. The Balaban J connectivity index is 2.10. The van der Waals surface area contributed by atoms with E-state index in [2.05, 4.69) is 4.72 Å². The van der Waals surface area contributed by atoms with E-state index in [-0.39, 0.29) is 24.3 Å². The van der Waals surface area contributed by atoms with E-state index in [1.165, 1.54) is 24.3 Å². The molecule has 7 heteroatoms. The number of carbonyl (C=O) groups is 1. The summed E-state index contributed by atoms with van der Waals surface area (Å²) in [6, 6.07) is 5.24. The first-order valence-corrected chi connectivity index (χ1v) is 8.77. The average molecular weight is 314 g/mol. The van der Waals surface area contributed by atoms with E-state index in [0.717, 1.165) is 25.5 Å². The van der Waals surface area contributed by atoms with Crippen LogP contribution >= 0.6 is 0 Å². The summed E-state index contributed by atoms with van der Waals surface area (Å²) >= 11 is 0. The van der Waals surface area contributed by atoms with Crippen LogP contribution in [-0.4, -0.2) is 44.6 Å². The molecule has 0 spiro atoms. The molecule has 1 saturated heterocycles. The van der Waals surface area contributed by atoms with Crippen molar-refractivity contribution in [3.05, 3.63) is 35.6 Å². The number of likely N-dealkylation sites (tertiary alicyclic amines) is 1. The molecule has 0 bridgehead atoms. The van der Waals surface area contributed by atoms with Gasteiger partial charge in [0.25, 0.3) is 5.91 Å². The van der Waals surface area contributed by atoms with Crippen molar-refractivity contribution < 1.29 is 17.6 Å². The molecule has 0 aliphatic carbocycles. The lowest BCUT2D eigenvalue weighted by Gasteiger charge is -2.35. The quantitative estimate of drug-likeness (QED) is 0.913. The van der Waals surface area contributed by atoms with Gasteiger partial charge < -0.3 is 4.90 Å². The highest BCUT2D eigenvalue weighted by Gasteiger charge is 2.27. The molecule has 116 valence electrons. The number of sulfonamides is 1. The zero-order valence-electron chi connectivity index (χ0n) is 11.9. The van der Waals surface area contributed by atoms with Gasteiger partial charge in [-0.3, -0.25) is 4.79 Å². The van der Waals surface area contributed by atoms with Crippen LogP contribution in [0.15, 0.2) is 24.3 Å². The Bertz CT molecular complexity index is 601. The molecule has 1 fully saturated rings. The molecule has 2 rings (SSSR count). The van der Waals surface area contributed by atoms with Crippen LogP contribution in [-0.2, 0) is 10.0 Å². The van der Waals surface area contributed by atoms with Crippen molar-refractivity contribution in [1.29, 1.82) is 0 Å². The molecule has 0 saturated carbocycles. The Kier molecular flexibility index (Phi) is 4.95. The van der Waals surface area contributed by atoms with Crippen molar-refractivity contribution in [3.8, 4) is 0 Å². The summed E-state index contributed by atoms with van der Waals surface area (Å²) in [4.78, 5) is 14.1. The fourth-order valence-corrected chi connectivity index (χ4v) is 2.98. The van der Waals surface area contributed by atoms with Gasteiger partial charge in [-0.1, -0.05) is 0 Å². The Morgan fingerprint density at radius 3 is 2.62 bits per heavy atom. The molecular formula is C14H19FN2O3S. The number of amides is 1. The van der Waals surface area contributed by atoms with E-state index in [4.69, 9.17) is 0 Å². The number of rotatable bonds is 4. The van der Waals surface area contributed by atoms with Gasteiger partial charge in [0.2, 0.25) is 10.0 Å². The van der Waals surface area contributed by atoms with E-state index in [1.807, 2.05) is 0 Å². The predicted octanol–water partition coefficient (Wildman–Crippen LogP) is 1.37. The second-order valence-electron chi connectivity index (χ2n) is 5.28. The summed E-state index contributed by atoms with van der Waals surface area (Å²) in [5.41, 5.74) is 0.419. The van der Waals surface area contributed by atoms with Crippen molar-refractivity contribution >= 4 is 15.9 Å². The zero-order chi connectivity index (χ0) is 15.5. The van der Waals surface area contributed by atoms with E-state index in [0.29, 0.717) is 12.1 Å². The van der Waals surface area contributed by atoms with Crippen LogP contribution in [0.2, 0.25) is 0 Å². The molecule has 1 amide bonds. The summed E-state index contributed by atoms with van der Waals surface area (Å²) in [7, 11) is -3.28. The Morgan fingerprint density at radius 1 is 1.33 bits per heavy atom. The van der Waals surface area contributed by atoms with Crippen LogP contribution in [0.1, 0.15) is 29.6 Å². The molecular weight excluding hydrogens is 295 g/mol. The van der Waals surface area contributed by atoms with Gasteiger partial charge >= 0.3 is 0 Å². The van der Waals surface area contributed by atoms with Crippen LogP contribution in [0.4, 0.5) is 4.39 Å². The Labute approximate surface area is 124 Å². The van der Waals surface area contributed by atoms with E-state index in [9.17, 15) is 17.6 Å². The minimum absolute atomic E-state index is 0.161. The summed E-state index contributed by atoms with van der Waals surface area (Å²) in [6.07, 6.45) is 3.71. The number of hydrogen-bond acceptors (Lipinski definition) is 3. The van der Waals surface area contributed by atoms with Gasteiger partial charge in [0, 0.05) is 24.7 Å². The van der Waals surface area contributed by atoms with E-state index < -0.39 is 10.0 Å². The lowest BCUT2D eigenvalue weighted by atomic mass is 10.0. The number of hydrogen-bond donors (Lipinski definition) is 1. The molecule has 5 nitrogen and oxygen atoms in total. The van der Waals surface area contributed by atoms with E-state index >= 15 is 0 Å². The number of nitrogens with one attached hydrogen (secondary N) is 1. The van der Waals surface area contributed by atoms with Crippen LogP contribution < -0.4 is 4.72 Å². The molecule has 1 unspecified atom stereocenters. The first-order valence-electron chi connectivity index (χ1n) is 6.88. The highest BCUT2D eigenvalue weighted by Crippen LogP contribution is 2.19. The predicted molar refractivity (Wildman–Crippen MR) is 77.9 cm³/mol. The first-order chi connectivity index (χ1) is 9.87. The van der Waals surface area contributed by atoms with Crippen molar-refractivity contribution in [2.24, 2.45) is 0 Å². The monoisotopic (exact) mass is 314 g/mol. The normalized spacial score (nSPS) is 19.5.